The Morgan fingerprint density at radius 3 is 2.25 bits per heavy atom. The van der Waals surface area contributed by atoms with Gasteiger partial charge in [-0.05, 0) is 49.6 Å². The molecule has 0 N–H and O–H groups in total. The van der Waals surface area contributed by atoms with Crippen molar-refractivity contribution < 1.29 is 26.9 Å². The lowest BCUT2D eigenvalue weighted by molar-refractivity contribution is -0.140. The van der Waals surface area contributed by atoms with Crippen molar-refractivity contribution in [2.24, 2.45) is 0 Å². The quantitative estimate of drug-likeness (QED) is 0.466. The fourth-order valence-corrected chi connectivity index (χ4v) is 3.77. The lowest BCUT2D eigenvalue weighted by atomic mass is 9.93. The van der Waals surface area contributed by atoms with Crippen LogP contribution in [-0.2, 0) is 23.8 Å². The Labute approximate surface area is 166 Å². The summed E-state index contributed by atoms with van der Waals surface area (Å²) < 4.78 is 40.6. The molecule has 0 fully saturated rings. The molecule has 28 heavy (non-hydrogen) atoms. The molecule has 1 atom stereocenters. The van der Waals surface area contributed by atoms with Crippen molar-refractivity contribution in [2.45, 2.75) is 37.5 Å². The summed E-state index contributed by atoms with van der Waals surface area (Å²) in [5.41, 5.74) is 2.76. The van der Waals surface area contributed by atoms with Gasteiger partial charge in [-0.15, -0.1) is 0 Å². The molecular formula is C21H26O6S. The van der Waals surface area contributed by atoms with Gasteiger partial charge in [-0.1, -0.05) is 29.8 Å². The number of carbonyl (C=O) groups is 1. The van der Waals surface area contributed by atoms with E-state index in [1.807, 2.05) is 32.0 Å². The highest BCUT2D eigenvalue weighted by molar-refractivity contribution is 7.86. The van der Waals surface area contributed by atoms with Crippen molar-refractivity contribution in [2.75, 3.05) is 20.8 Å². The van der Waals surface area contributed by atoms with Gasteiger partial charge in [0, 0.05) is 12.3 Å². The van der Waals surface area contributed by atoms with Crippen LogP contribution in [0.4, 0.5) is 0 Å². The zero-order valence-electron chi connectivity index (χ0n) is 16.6. The van der Waals surface area contributed by atoms with Crippen LogP contribution in [0.2, 0.25) is 0 Å². The lowest BCUT2D eigenvalue weighted by Crippen LogP contribution is -2.16. The van der Waals surface area contributed by atoms with Gasteiger partial charge in [0.05, 0.1) is 25.7 Å². The van der Waals surface area contributed by atoms with Gasteiger partial charge in [-0.25, -0.2) is 0 Å². The molecular weight excluding hydrogens is 380 g/mol. The average molecular weight is 407 g/mol. The number of hydrogen-bond donors (Lipinski definition) is 0. The fraction of sp³-hybridized carbons (Fsp3) is 0.381. The third-order valence-electron chi connectivity index (χ3n) is 4.49. The standard InChI is InChI=1S/C21H26O6S/c1-15-5-9-18(10-6-15)28(23,24)27-14-17(8-12-21(22)26-4)19-11-7-16(2)13-20(19)25-3/h5-7,9-11,13,17H,8,12,14H2,1-4H3/t17-/m0/s1. The number of hydrogen-bond acceptors (Lipinski definition) is 6. The van der Waals surface area contributed by atoms with Crippen molar-refractivity contribution in [3.05, 3.63) is 59.2 Å². The minimum Gasteiger partial charge on any atom is -0.496 e. The van der Waals surface area contributed by atoms with E-state index in [0.717, 1.165) is 16.7 Å². The Hall–Kier alpha value is -2.38. The van der Waals surface area contributed by atoms with E-state index < -0.39 is 10.1 Å². The van der Waals surface area contributed by atoms with Crippen LogP contribution < -0.4 is 4.74 Å². The molecule has 0 aliphatic heterocycles. The molecule has 152 valence electrons. The van der Waals surface area contributed by atoms with Crippen LogP contribution in [0.5, 0.6) is 5.75 Å². The Bertz CT molecular complexity index is 903. The molecule has 0 aromatic heterocycles. The van der Waals surface area contributed by atoms with Gasteiger partial charge in [0.15, 0.2) is 0 Å². The van der Waals surface area contributed by atoms with E-state index in [0.29, 0.717) is 12.2 Å². The minimum atomic E-state index is -3.91. The van der Waals surface area contributed by atoms with Gasteiger partial charge in [0.2, 0.25) is 0 Å². The van der Waals surface area contributed by atoms with E-state index >= 15 is 0 Å². The van der Waals surface area contributed by atoms with Crippen LogP contribution in [0.1, 0.15) is 35.4 Å². The largest absolute Gasteiger partial charge is 0.496 e. The Kier molecular flexibility index (Phi) is 7.60. The van der Waals surface area contributed by atoms with Crippen molar-refractivity contribution >= 4 is 16.1 Å². The molecule has 0 aliphatic rings. The molecule has 2 aromatic rings. The Balaban J connectivity index is 2.24. The molecule has 0 saturated heterocycles. The van der Waals surface area contributed by atoms with Gasteiger partial charge in [0.1, 0.15) is 5.75 Å². The summed E-state index contributed by atoms with van der Waals surface area (Å²) in [6.45, 7) is 3.71. The normalized spacial score (nSPS) is 12.4. The molecule has 0 radical (unpaired) electrons. The van der Waals surface area contributed by atoms with Gasteiger partial charge in [-0.3, -0.25) is 8.98 Å². The summed E-state index contributed by atoms with van der Waals surface area (Å²) in [6, 6.07) is 12.1. The highest BCUT2D eigenvalue weighted by atomic mass is 32.2. The van der Waals surface area contributed by atoms with Crippen molar-refractivity contribution in [1.29, 1.82) is 0 Å². The monoisotopic (exact) mass is 406 g/mol. The van der Waals surface area contributed by atoms with E-state index in [1.165, 1.54) is 19.2 Å². The summed E-state index contributed by atoms with van der Waals surface area (Å²) >= 11 is 0. The predicted octanol–water partition coefficient (Wildman–Crippen LogP) is 3.75. The van der Waals surface area contributed by atoms with Crippen LogP contribution in [0.3, 0.4) is 0 Å². The second-order valence-electron chi connectivity index (χ2n) is 6.61. The zero-order valence-corrected chi connectivity index (χ0v) is 17.4. The molecule has 0 aliphatic carbocycles. The second kappa shape index (κ2) is 9.71. The van der Waals surface area contributed by atoms with Crippen LogP contribution in [0.15, 0.2) is 47.4 Å². The molecule has 0 saturated carbocycles. The summed E-state index contributed by atoms with van der Waals surface area (Å²) in [5.74, 6) is -0.0847. The predicted molar refractivity (Wildman–Crippen MR) is 106 cm³/mol. The van der Waals surface area contributed by atoms with Crippen LogP contribution in [-0.4, -0.2) is 35.2 Å². The van der Waals surface area contributed by atoms with Gasteiger partial charge in [0.25, 0.3) is 10.1 Å². The molecule has 0 spiro atoms. The number of benzene rings is 2. The van der Waals surface area contributed by atoms with E-state index in [-0.39, 0.29) is 29.8 Å². The SMILES string of the molecule is COC(=O)CC[C@@H](COS(=O)(=O)c1ccc(C)cc1)c1ccc(C)cc1OC. The van der Waals surface area contributed by atoms with Gasteiger partial charge >= 0.3 is 5.97 Å². The van der Waals surface area contributed by atoms with E-state index in [9.17, 15) is 13.2 Å². The van der Waals surface area contributed by atoms with Crippen molar-refractivity contribution in [1.82, 2.24) is 0 Å². The number of carbonyl (C=O) groups excluding carboxylic acids is 1. The maximum atomic E-state index is 12.5. The smallest absolute Gasteiger partial charge is 0.305 e. The number of rotatable bonds is 9. The number of aryl methyl sites for hydroxylation is 2. The number of esters is 1. The number of ether oxygens (including phenoxy) is 2. The van der Waals surface area contributed by atoms with E-state index in [1.54, 1.807) is 19.2 Å². The summed E-state index contributed by atoms with van der Waals surface area (Å²) in [5, 5.41) is 0. The third-order valence-corrected chi connectivity index (χ3v) is 5.78. The molecule has 7 heteroatoms. The lowest BCUT2D eigenvalue weighted by Gasteiger charge is -2.20. The fourth-order valence-electron chi connectivity index (χ4n) is 2.82. The maximum absolute atomic E-state index is 12.5. The summed E-state index contributed by atoms with van der Waals surface area (Å²) in [4.78, 5) is 11.7. The molecule has 2 rings (SSSR count). The Morgan fingerprint density at radius 1 is 1.00 bits per heavy atom. The van der Waals surface area contributed by atoms with Gasteiger partial charge < -0.3 is 9.47 Å². The molecule has 2 aromatic carbocycles. The molecule has 0 unspecified atom stereocenters. The first kappa shape index (κ1) is 21.9. The Morgan fingerprint density at radius 2 is 1.64 bits per heavy atom. The molecule has 0 heterocycles. The van der Waals surface area contributed by atoms with Crippen molar-refractivity contribution in [3.8, 4) is 5.75 Å². The first-order chi connectivity index (χ1) is 13.3. The highest BCUT2D eigenvalue weighted by Gasteiger charge is 2.23. The molecule has 0 amide bonds. The zero-order chi connectivity index (χ0) is 20.7. The highest BCUT2D eigenvalue weighted by Crippen LogP contribution is 2.32. The minimum absolute atomic E-state index is 0.0979. The summed E-state index contributed by atoms with van der Waals surface area (Å²) in [6.07, 6.45) is 0.516. The maximum Gasteiger partial charge on any atom is 0.305 e. The molecule has 0 bridgehead atoms. The van der Waals surface area contributed by atoms with Crippen molar-refractivity contribution in [3.63, 3.8) is 0 Å². The number of methoxy groups -OCH3 is 2. The first-order valence-electron chi connectivity index (χ1n) is 8.94. The van der Waals surface area contributed by atoms with Crippen LogP contribution >= 0.6 is 0 Å². The third kappa shape index (κ3) is 5.81. The van der Waals surface area contributed by atoms with E-state index in [4.69, 9.17) is 13.7 Å². The topological polar surface area (TPSA) is 78.9 Å². The van der Waals surface area contributed by atoms with Gasteiger partial charge in [-0.2, -0.15) is 8.42 Å². The second-order valence-corrected chi connectivity index (χ2v) is 8.22. The first-order valence-corrected chi connectivity index (χ1v) is 10.3. The van der Waals surface area contributed by atoms with Crippen LogP contribution in [0, 0.1) is 13.8 Å². The van der Waals surface area contributed by atoms with E-state index in [2.05, 4.69) is 0 Å². The molecule has 6 nitrogen and oxygen atoms in total. The van der Waals surface area contributed by atoms with Crippen LogP contribution in [0.25, 0.3) is 0 Å². The average Bonchev–Trinajstić information content (AvgIpc) is 2.68. The summed E-state index contributed by atoms with van der Waals surface area (Å²) in [7, 11) is -1.03.